The molecule has 0 atom stereocenters. The highest BCUT2D eigenvalue weighted by molar-refractivity contribution is 6.32. The van der Waals surface area contributed by atoms with Gasteiger partial charge in [0.2, 0.25) is 5.95 Å². The van der Waals surface area contributed by atoms with E-state index in [0.717, 1.165) is 0 Å². The molecule has 8 heteroatoms. The van der Waals surface area contributed by atoms with Gasteiger partial charge < -0.3 is 20.1 Å². The SMILES string of the molecule is COc1cccc(NC(=O)c2cnc(Nc3ccc(OC)c(Cl)c3)nc2)c1. The maximum absolute atomic E-state index is 12.3. The van der Waals surface area contributed by atoms with E-state index in [4.69, 9.17) is 21.1 Å². The van der Waals surface area contributed by atoms with E-state index in [0.29, 0.717) is 39.4 Å². The molecule has 0 aliphatic rings. The third-order valence-electron chi connectivity index (χ3n) is 3.65. The first-order valence-corrected chi connectivity index (χ1v) is 8.35. The Hall–Kier alpha value is -3.32. The fourth-order valence-electron chi connectivity index (χ4n) is 2.29. The smallest absolute Gasteiger partial charge is 0.258 e. The van der Waals surface area contributed by atoms with Crippen molar-refractivity contribution in [1.82, 2.24) is 9.97 Å². The summed E-state index contributed by atoms with van der Waals surface area (Å²) < 4.78 is 10.2. The van der Waals surface area contributed by atoms with Gasteiger partial charge >= 0.3 is 0 Å². The number of benzene rings is 2. The molecule has 0 aliphatic carbocycles. The standard InChI is InChI=1S/C19H17ClN4O3/c1-26-15-5-3-4-13(8-15)23-18(25)12-10-21-19(22-11-12)24-14-6-7-17(27-2)16(20)9-14/h3-11H,1-2H3,(H,23,25)(H,21,22,24). The molecular formula is C19H17ClN4O3. The van der Waals surface area contributed by atoms with Gasteiger partial charge in [0.1, 0.15) is 11.5 Å². The van der Waals surface area contributed by atoms with Crippen LogP contribution in [0.1, 0.15) is 10.4 Å². The lowest BCUT2D eigenvalue weighted by Gasteiger charge is -2.09. The molecule has 27 heavy (non-hydrogen) atoms. The zero-order valence-corrected chi connectivity index (χ0v) is 15.4. The van der Waals surface area contributed by atoms with Crippen molar-refractivity contribution in [3.8, 4) is 11.5 Å². The molecule has 0 bridgehead atoms. The van der Waals surface area contributed by atoms with Gasteiger partial charge in [-0.2, -0.15) is 0 Å². The fraction of sp³-hybridized carbons (Fsp3) is 0.105. The third-order valence-corrected chi connectivity index (χ3v) is 3.94. The van der Waals surface area contributed by atoms with E-state index in [-0.39, 0.29) is 5.91 Å². The van der Waals surface area contributed by atoms with Crippen molar-refractivity contribution in [1.29, 1.82) is 0 Å². The van der Waals surface area contributed by atoms with Crippen molar-refractivity contribution < 1.29 is 14.3 Å². The molecule has 1 heterocycles. The lowest BCUT2D eigenvalue weighted by atomic mass is 10.2. The Morgan fingerprint density at radius 2 is 1.78 bits per heavy atom. The number of carbonyl (C=O) groups is 1. The van der Waals surface area contributed by atoms with Crippen molar-refractivity contribution in [2.75, 3.05) is 24.9 Å². The summed E-state index contributed by atoms with van der Waals surface area (Å²) in [6.07, 6.45) is 2.88. The van der Waals surface area contributed by atoms with Crippen molar-refractivity contribution in [3.63, 3.8) is 0 Å². The number of hydrogen-bond donors (Lipinski definition) is 2. The number of nitrogens with one attached hydrogen (secondary N) is 2. The maximum Gasteiger partial charge on any atom is 0.258 e. The van der Waals surface area contributed by atoms with Gasteiger partial charge in [-0.3, -0.25) is 4.79 Å². The van der Waals surface area contributed by atoms with Crippen LogP contribution in [0.2, 0.25) is 5.02 Å². The molecule has 1 aromatic heterocycles. The molecule has 3 rings (SSSR count). The highest BCUT2D eigenvalue weighted by Gasteiger charge is 2.09. The summed E-state index contributed by atoms with van der Waals surface area (Å²) in [5.74, 6) is 1.26. The molecule has 2 N–H and O–H groups in total. The van der Waals surface area contributed by atoms with E-state index in [1.54, 1.807) is 56.7 Å². The predicted octanol–water partition coefficient (Wildman–Crippen LogP) is 4.14. The van der Waals surface area contributed by atoms with Gasteiger partial charge in [-0.25, -0.2) is 9.97 Å². The summed E-state index contributed by atoms with van der Waals surface area (Å²) in [5, 5.41) is 6.26. The summed E-state index contributed by atoms with van der Waals surface area (Å²) in [4.78, 5) is 20.6. The topological polar surface area (TPSA) is 85.4 Å². The first-order valence-electron chi connectivity index (χ1n) is 7.97. The summed E-state index contributed by atoms with van der Waals surface area (Å²) >= 11 is 6.09. The molecule has 0 aliphatic heterocycles. The van der Waals surface area contributed by atoms with Crippen molar-refractivity contribution in [3.05, 3.63) is 65.4 Å². The molecule has 1 amide bonds. The molecule has 2 aromatic carbocycles. The van der Waals surface area contributed by atoms with Crippen LogP contribution in [-0.4, -0.2) is 30.1 Å². The monoisotopic (exact) mass is 384 g/mol. The number of halogens is 1. The van der Waals surface area contributed by atoms with Gasteiger partial charge in [0, 0.05) is 29.8 Å². The number of amides is 1. The highest BCUT2D eigenvalue weighted by Crippen LogP contribution is 2.28. The molecule has 0 saturated carbocycles. The summed E-state index contributed by atoms with van der Waals surface area (Å²) in [6, 6.07) is 12.3. The Kier molecular flexibility index (Phi) is 5.73. The van der Waals surface area contributed by atoms with Crippen LogP contribution in [0, 0.1) is 0 Å². The third kappa shape index (κ3) is 4.65. The molecular weight excluding hydrogens is 368 g/mol. The Balaban J connectivity index is 1.67. The van der Waals surface area contributed by atoms with Crippen LogP contribution in [0.25, 0.3) is 0 Å². The minimum atomic E-state index is -0.317. The molecule has 0 unspecified atom stereocenters. The van der Waals surface area contributed by atoms with Crippen LogP contribution in [0.4, 0.5) is 17.3 Å². The summed E-state index contributed by atoms with van der Waals surface area (Å²) in [6.45, 7) is 0. The van der Waals surface area contributed by atoms with E-state index in [2.05, 4.69) is 20.6 Å². The van der Waals surface area contributed by atoms with Crippen molar-refractivity contribution in [2.24, 2.45) is 0 Å². The number of carbonyl (C=O) groups excluding carboxylic acids is 1. The predicted molar refractivity (Wildman–Crippen MR) is 104 cm³/mol. The van der Waals surface area contributed by atoms with Crippen LogP contribution in [0.3, 0.4) is 0 Å². The fourth-order valence-corrected chi connectivity index (χ4v) is 2.54. The summed E-state index contributed by atoms with van der Waals surface area (Å²) in [5.41, 5.74) is 1.65. The molecule has 138 valence electrons. The number of aromatic nitrogens is 2. The zero-order chi connectivity index (χ0) is 19.2. The van der Waals surface area contributed by atoms with E-state index in [9.17, 15) is 4.79 Å². The number of methoxy groups -OCH3 is 2. The lowest BCUT2D eigenvalue weighted by molar-refractivity contribution is 0.102. The quantitative estimate of drug-likeness (QED) is 0.664. The molecule has 0 radical (unpaired) electrons. The van der Waals surface area contributed by atoms with E-state index >= 15 is 0 Å². The number of rotatable bonds is 6. The number of ether oxygens (including phenoxy) is 2. The van der Waals surface area contributed by atoms with Gasteiger partial charge in [-0.15, -0.1) is 0 Å². The molecule has 0 saturated heterocycles. The number of hydrogen-bond acceptors (Lipinski definition) is 6. The van der Waals surface area contributed by atoms with E-state index < -0.39 is 0 Å². The average Bonchev–Trinajstić information content (AvgIpc) is 2.69. The lowest BCUT2D eigenvalue weighted by Crippen LogP contribution is -2.13. The van der Waals surface area contributed by atoms with Crippen LogP contribution in [0.15, 0.2) is 54.9 Å². The average molecular weight is 385 g/mol. The van der Waals surface area contributed by atoms with Crippen LogP contribution < -0.4 is 20.1 Å². The van der Waals surface area contributed by atoms with E-state index in [1.165, 1.54) is 12.4 Å². The van der Waals surface area contributed by atoms with E-state index in [1.807, 2.05) is 0 Å². The van der Waals surface area contributed by atoms with Crippen LogP contribution in [-0.2, 0) is 0 Å². The largest absolute Gasteiger partial charge is 0.497 e. The second-order valence-corrected chi connectivity index (χ2v) is 5.86. The zero-order valence-electron chi connectivity index (χ0n) is 14.7. The van der Waals surface area contributed by atoms with Gasteiger partial charge in [0.25, 0.3) is 5.91 Å². The summed E-state index contributed by atoms with van der Waals surface area (Å²) in [7, 11) is 3.11. The van der Waals surface area contributed by atoms with Gasteiger partial charge in [0.05, 0.1) is 24.8 Å². The Labute approximate surface area is 161 Å². The molecule has 0 fully saturated rings. The van der Waals surface area contributed by atoms with Gasteiger partial charge in [0.15, 0.2) is 0 Å². The van der Waals surface area contributed by atoms with Crippen molar-refractivity contribution >= 4 is 34.8 Å². The number of anilines is 3. The second-order valence-electron chi connectivity index (χ2n) is 5.46. The number of nitrogens with zero attached hydrogens (tertiary/aromatic N) is 2. The van der Waals surface area contributed by atoms with Gasteiger partial charge in [-0.05, 0) is 30.3 Å². The van der Waals surface area contributed by atoms with Crippen LogP contribution >= 0.6 is 11.6 Å². The van der Waals surface area contributed by atoms with Crippen molar-refractivity contribution in [2.45, 2.75) is 0 Å². The first-order chi connectivity index (χ1) is 13.1. The van der Waals surface area contributed by atoms with Gasteiger partial charge in [-0.1, -0.05) is 17.7 Å². The second kappa shape index (κ2) is 8.37. The molecule has 7 nitrogen and oxygen atoms in total. The Bertz CT molecular complexity index is 948. The minimum Gasteiger partial charge on any atom is -0.497 e. The maximum atomic E-state index is 12.3. The van der Waals surface area contributed by atoms with Crippen LogP contribution in [0.5, 0.6) is 11.5 Å². The highest BCUT2D eigenvalue weighted by atomic mass is 35.5. The molecule has 3 aromatic rings. The molecule has 0 spiro atoms. The Morgan fingerprint density at radius 3 is 2.44 bits per heavy atom. The Morgan fingerprint density at radius 1 is 1.00 bits per heavy atom. The normalized spacial score (nSPS) is 10.2. The first kappa shape index (κ1) is 18.5. The minimum absolute atomic E-state index is 0.317.